The molecule has 8 heteroatoms. The molecular formula is C17H21Cl2N5S. The highest BCUT2D eigenvalue weighted by Gasteiger charge is 2.47. The van der Waals surface area contributed by atoms with Gasteiger partial charge in [0.05, 0.1) is 16.2 Å². The van der Waals surface area contributed by atoms with Crippen molar-refractivity contribution in [3.8, 4) is 0 Å². The van der Waals surface area contributed by atoms with Gasteiger partial charge in [-0.3, -0.25) is 0 Å². The number of benzene rings is 1. The van der Waals surface area contributed by atoms with Gasteiger partial charge in [0.15, 0.2) is 5.82 Å². The molecule has 4 N–H and O–H groups in total. The lowest BCUT2D eigenvalue weighted by molar-refractivity contribution is 0.0896. The fourth-order valence-electron chi connectivity index (χ4n) is 3.20. The maximum absolute atomic E-state index is 6.21. The first-order chi connectivity index (χ1) is 12.1. The van der Waals surface area contributed by atoms with Crippen LogP contribution in [0.15, 0.2) is 34.3 Å². The predicted molar refractivity (Wildman–Crippen MR) is 106 cm³/mol. The predicted octanol–water partition coefficient (Wildman–Crippen LogP) is 4.08. The molecule has 1 aromatic heterocycles. The van der Waals surface area contributed by atoms with Crippen LogP contribution in [0.3, 0.4) is 0 Å². The van der Waals surface area contributed by atoms with Crippen molar-refractivity contribution in [3.63, 3.8) is 0 Å². The molecule has 1 aliphatic heterocycles. The number of halogens is 2. The van der Waals surface area contributed by atoms with Gasteiger partial charge < -0.3 is 16.4 Å². The van der Waals surface area contributed by atoms with E-state index in [0.29, 0.717) is 26.3 Å². The van der Waals surface area contributed by atoms with Crippen LogP contribution >= 0.6 is 35.0 Å². The molecule has 134 valence electrons. The second kappa shape index (κ2) is 7.58. The average molecular weight is 398 g/mol. The molecule has 2 aliphatic rings. The molecular weight excluding hydrogens is 377 g/mol. The molecule has 0 amide bonds. The third-order valence-corrected chi connectivity index (χ3v) is 6.66. The summed E-state index contributed by atoms with van der Waals surface area (Å²) in [5, 5.41) is 1.68. The Kier molecular flexibility index (Phi) is 5.63. The minimum atomic E-state index is 0.429. The summed E-state index contributed by atoms with van der Waals surface area (Å²) in [6.07, 6.45) is 5.83. The van der Waals surface area contributed by atoms with Crippen LogP contribution in [0.25, 0.3) is 0 Å². The molecule has 2 fully saturated rings. The third-order valence-electron chi connectivity index (χ3n) is 4.66. The molecule has 25 heavy (non-hydrogen) atoms. The summed E-state index contributed by atoms with van der Waals surface area (Å²) in [6, 6.07) is 5.50. The SMILES string of the molecule is CN.Nc1nc(N2CC3(CCC3)C2)cnc1Sc1cccc(Cl)c1Cl. The zero-order valence-corrected chi connectivity index (χ0v) is 16.3. The van der Waals surface area contributed by atoms with Crippen molar-refractivity contribution in [2.75, 3.05) is 30.8 Å². The number of nitrogen functional groups attached to an aromatic ring is 1. The standard InChI is InChI=1S/C16H16Cl2N4S.CH5N/c17-10-3-1-4-11(13(10)18)23-15-14(19)21-12(7-20-15)22-8-16(9-22)5-2-6-16;1-2/h1,3-4,7H,2,5-6,8-9H2,(H2,19,21);2H2,1H3. The Hall–Kier alpha value is -1.21. The van der Waals surface area contributed by atoms with Crippen molar-refractivity contribution in [1.82, 2.24) is 9.97 Å². The smallest absolute Gasteiger partial charge is 0.158 e. The van der Waals surface area contributed by atoms with Gasteiger partial charge in [-0.05, 0) is 32.0 Å². The lowest BCUT2D eigenvalue weighted by atomic mass is 9.63. The molecule has 1 aliphatic carbocycles. The summed E-state index contributed by atoms with van der Waals surface area (Å²) in [6.45, 7) is 2.15. The van der Waals surface area contributed by atoms with E-state index in [9.17, 15) is 0 Å². The number of nitrogens with zero attached hydrogens (tertiary/aromatic N) is 3. The number of aromatic nitrogens is 2. The minimum Gasteiger partial charge on any atom is -0.381 e. The zero-order chi connectivity index (χ0) is 18.0. The topological polar surface area (TPSA) is 81.1 Å². The molecule has 0 radical (unpaired) electrons. The normalized spacial score (nSPS) is 17.4. The van der Waals surface area contributed by atoms with Crippen LogP contribution in [-0.2, 0) is 0 Å². The van der Waals surface area contributed by atoms with Gasteiger partial charge in [-0.15, -0.1) is 0 Å². The third kappa shape index (κ3) is 3.67. The first kappa shape index (κ1) is 18.6. The fourth-order valence-corrected chi connectivity index (χ4v) is 4.48. The first-order valence-corrected chi connectivity index (χ1v) is 9.71. The van der Waals surface area contributed by atoms with E-state index in [4.69, 9.17) is 28.9 Å². The molecule has 0 bridgehead atoms. The lowest BCUT2D eigenvalue weighted by Crippen LogP contribution is -2.60. The number of hydrogen-bond donors (Lipinski definition) is 2. The van der Waals surface area contributed by atoms with Gasteiger partial charge in [0.25, 0.3) is 0 Å². The maximum atomic E-state index is 6.21. The second-order valence-electron chi connectivity index (χ2n) is 6.28. The lowest BCUT2D eigenvalue weighted by Gasteiger charge is -2.56. The van der Waals surface area contributed by atoms with Crippen LogP contribution in [0.4, 0.5) is 11.6 Å². The van der Waals surface area contributed by atoms with Crippen LogP contribution in [0, 0.1) is 5.41 Å². The van der Waals surface area contributed by atoms with Gasteiger partial charge in [-0.25, -0.2) is 9.97 Å². The first-order valence-electron chi connectivity index (χ1n) is 8.13. The Morgan fingerprint density at radius 3 is 2.52 bits per heavy atom. The Bertz CT molecular complexity index is 759. The Morgan fingerprint density at radius 2 is 1.92 bits per heavy atom. The number of rotatable bonds is 3. The second-order valence-corrected chi connectivity index (χ2v) is 8.10. The van der Waals surface area contributed by atoms with Gasteiger partial charge in [-0.1, -0.05) is 47.5 Å². The number of anilines is 2. The van der Waals surface area contributed by atoms with Crippen molar-refractivity contribution < 1.29 is 0 Å². The molecule has 2 heterocycles. The maximum Gasteiger partial charge on any atom is 0.158 e. The molecule has 1 aromatic carbocycles. The molecule has 1 spiro atoms. The van der Waals surface area contributed by atoms with Crippen LogP contribution < -0.4 is 16.4 Å². The van der Waals surface area contributed by atoms with Crippen molar-refractivity contribution >= 4 is 46.6 Å². The molecule has 0 unspecified atom stereocenters. The number of nitrogens with two attached hydrogens (primary N) is 2. The Labute approximate surface area is 162 Å². The van der Waals surface area contributed by atoms with E-state index < -0.39 is 0 Å². The summed E-state index contributed by atoms with van der Waals surface area (Å²) in [7, 11) is 1.50. The van der Waals surface area contributed by atoms with Gasteiger partial charge >= 0.3 is 0 Å². The van der Waals surface area contributed by atoms with Crippen molar-refractivity contribution in [3.05, 3.63) is 34.4 Å². The zero-order valence-electron chi connectivity index (χ0n) is 14.0. The summed E-state index contributed by atoms with van der Waals surface area (Å²) in [5.74, 6) is 1.29. The van der Waals surface area contributed by atoms with Crippen LogP contribution in [0.1, 0.15) is 19.3 Å². The van der Waals surface area contributed by atoms with E-state index in [1.165, 1.54) is 38.1 Å². The minimum absolute atomic E-state index is 0.429. The monoisotopic (exact) mass is 397 g/mol. The van der Waals surface area contributed by atoms with Crippen LogP contribution in [0.2, 0.25) is 10.0 Å². The highest BCUT2D eigenvalue weighted by molar-refractivity contribution is 7.99. The van der Waals surface area contributed by atoms with Gasteiger partial charge in [0.2, 0.25) is 0 Å². The summed E-state index contributed by atoms with van der Waals surface area (Å²) < 4.78 is 0. The van der Waals surface area contributed by atoms with E-state index in [-0.39, 0.29) is 0 Å². The summed E-state index contributed by atoms with van der Waals surface area (Å²) in [4.78, 5) is 12.1. The fraction of sp³-hybridized carbons (Fsp3) is 0.412. The van der Waals surface area contributed by atoms with Gasteiger partial charge in [-0.2, -0.15) is 0 Å². The quantitative estimate of drug-likeness (QED) is 0.811. The Balaban J connectivity index is 0.000000880. The van der Waals surface area contributed by atoms with Crippen molar-refractivity contribution in [2.24, 2.45) is 11.1 Å². The molecule has 1 saturated carbocycles. The molecule has 5 nitrogen and oxygen atoms in total. The molecule has 1 saturated heterocycles. The van der Waals surface area contributed by atoms with Crippen molar-refractivity contribution in [1.29, 1.82) is 0 Å². The largest absolute Gasteiger partial charge is 0.381 e. The highest BCUT2D eigenvalue weighted by atomic mass is 35.5. The summed E-state index contributed by atoms with van der Waals surface area (Å²) >= 11 is 13.6. The van der Waals surface area contributed by atoms with Crippen LogP contribution in [-0.4, -0.2) is 30.1 Å². The number of hydrogen-bond acceptors (Lipinski definition) is 6. The van der Waals surface area contributed by atoms with E-state index in [1.807, 2.05) is 12.1 Å². The molecule has 4 rings (SSSR count). The van der Waals surface area contributed by atoms with Crippen LogP contribution in [0.5, 0.6) is 0 Å². The Morgan fingerprint density at radius 1 is 1.20 bits per heavy atom. The van der Waals surface area contributed by atoms with E-state index in [2.05, 4.69) is 20.6 Å². The van der Waals surface area contributed by atoms with Gasteiger partial charge in [0.1, 0.15) is 10.8 Å². The molecule has 2 aromatic rings. The molecule has 0 atom stereocenters. The van der Waals surface area contributed by atoms with Crippen molar-refractivity contribution in [2.45, 2.75) is 29.2 Å². The highest BCUT2D eigenvalue weighted by Crippen LogP contribution is 2.49. The average Bonchev–Trinajstić information content (AvgIpc) is 2.53. The van der Waals surface area contributed by atoms with E-state index in [1.54, 1.807) is 12.3 Å². The van der Waals surface area contributed by atoms with E-state index >= 15 is 0 Å². The van der Waals surface area contributed by atoms with Gasteiger partial charge in [0, 0.05) is 23.4 Å². The summed E-state index contributed by atoms with van der Waals surface area (Å²) in [5.41, 5.74) is 11.1. The van der Waals surface area contributed by atoms with E-state index in [0.717, 1.165) is 23.8 Å².